The van der Waals surface area contributed by atoms with E-state index in [1.54, 1.807) is 6.20 Å². The fourth-order valence-corrected chi connectivity index (χ4v) is 1.53. The van der Waals surface area contributed by atoms with E-state index in [1.165, 1.54) is 0 Å². The van der Waals surface area contributed by atoms with E-state index in [0.29, 0.717) is 0 Å². The molecular formula is C13H17N3. The van der Waals surface area contributed by atoms with Gasteiger partial charge in [-0.2, -0.15) is 5.10 Å². The third-order valence-electron chi connectivity index (χ3n) is 2.91. The van der Waals surface area contributed by atoms with Crippen molar-refractivity contribution in [3.8, 4) is 0 Å². The molecule has 0 fully saturated rings. The van der Waals surface area contributed by atoms with Crippen molar-refractivity contribution in [2.75, 3.05) is 5.32 Å². The van der Waals surface area contributed by atoms with Crippen molar-refractivity contribution in [2.45, 2.75) is 32.7 Å². The van der Waals surface area contributed by atoms with Gasteiger partial charge < -0.3 is 5.32 Å². The molecule has 84 valence electrons. The molecule has 3 nitrogen and oxygen atoms in total. The molecule has 2 aromatic rings. The second kappa shape index (κ2) is 4.08. The van der Waals surface area contributed by atoms with Crippen molar-refractivity contribution in [1.29, 1.82) is 0 Å². The average Bonchev–Trinajstić information content (AvgIpc) is 2.29. The van der Waals surface area contributed by atoms with Crippen LogP contribution < -0.4 is 5.32 Å². The van der Waals surface area contributed by atoms with Crippen molar-refractivity contribution in [3.05, 3.63) is 30.5 Å². The maximum atomic E-state index is 4.18. The molecule has 3 heteroatoms. The number of hydrogen-bond donors (Lipinski definition) is 1. The molecule has 0 spiro atoms. The summed E-state index contributed by atoms with van der Waals surface area (Å²) in [4.78, 5) is 0. The quantitative estimate of drug-likeness (QED) is 0.854. The van der Waals surface area contributed by atoms with Crippen LogP contribution in [0.1, 0.15) is 27.2 Å². The normalized spacial score (nSPS) is 11.7. The molecule has 0 atom stereocenters. The molecule has 0 saturated carbocycles. The number of hydrogen-bond acceptors (Lipinski definition) is 3. The fourth-order valence-electron chi connectivity index (χ4n) is 1.53. The molecule has 1 N–H and O–H groups in total. The summed E-state index contributed by atoms with van der Waals surface area (Å²) in [5, 5.41) is 13.9. The summed E-state index contributed by atoms with van der Waals surface area (Å²) in [5.74, 6) is 0.866. The highest BCUT2D eigenvalue weighted by Gasteiger charge is 2.16. The van der Waals surface area contributed by atoms with Crippen molar-refractivity contribution in [1.82, 2.24) is 10.2 Å². The fraction of sp³-hybridized carbons (Fsp3) is 0.385. The van der Waals surface area contributed by atoms with Crippen LogP contribution in [0.3, 0.4) is 0 Å². The Bertz CT molecular complexity index is 486. The third-order valence-corrected chi connectivity index (χ3v) is 2.91. The van der Waals surface area contributed by atoms with Crippen LogP contribution in [-0.4, -0.2) is 15.7 Å². The van der Waals surface area contributed by atoms with Crippen LogP contribution in [0.4, 0.5) is 5.82 Å². The monoisotopic (exact) mass is 215 g/mol. The minimum absolute atomic E-state index is 0.0405. The number of nitrogens with one attached hydrogen (secondary N) is 1. The Kier molecular flexibility index (Phi) is 2.77. The molecule has 1 heterocycles. The van der Waals surface area contributed by atoms with Gasteiger partial charge in [-0.1, -0.05) is 31.2 Å². The predicted octanol–water partition coefficient (Wildman–Crippen LogP) is 3.23. The first-order valence-corrected chi connectivity index (χ1v) is 5.61. The summed E-state index contributed by atoms with van der Waals surface area (Å²) >= 11 is 0. The number of rotatable bonds is 3. The Hall–Kier alpha value is -1.64. The first-order chi connectivity index (χ1) is 7.62. The van der Waals surface area contributed by atoms with E-state index in [1.807, 2.05) is 18.2 Å². The highest BCUT2D eigenvalue weighted by Crippen LogP contribution is 2.23. The van der Waals surface area contributed by atoms with Crippen molar-refractivity contribution in [2.24, 2.45) is 0 Å². The van der Waals surface area contributed by atoms with Gasteiger partial charge in [0.15, 0.2) is 5.82 Å². The molecule has 0 aliphatic rings. The van der Waals surface area contributed by atoms with Crippen molar-refractivity contribution >= 4 is 16.6 Å². The first-order valence-electron chi connectivity index (χ1n) is 5.61. The molecule has 0 radical (unpaired) electrons. The van der Waals surface area contributed by atoms with E-state index < -0.39 is 0 Å². The van der Waals surface area contributed by atoms with Gasteiger partial charge in [-0.25, -0.2) is 0 Å². The van der Waals surface area contributed by atoms with Gasteiger partial charge in [-0.15, -0.1) is 5.10 Å². The van der Waals surface area contributed by atoms with Crippen LogP contribution in [0, 0.1) is 0 Å². The highest BCUT2D eigenvalue weighted by atomic mass is 15.2. The highest BCUT2D eigenvalue weighted by molar-refractivity contribution is 5.91. The van der Waals surface area contributed by atoms with Crippen LogP contribution in [0.5, 0.6) is 0 Å². The van der Waals surface area contributed by atoms with Crippen LogP contribution in [0.25, 0.3) is 10.8 Å². The predicted molar refractivity (Wildman–Crippen MR) is 67.5 cm³/mol. The van der Waals surface area contributed by atoms with Gasteiger partial charge in [0.2, 0.25) is 0 Å². The van der Waals surface area contributed by atoms with Crippen molar-refractivity contribution < 1.29 is 0 Å². The number of aromatic nitrogens is 2. The number of nitrogens with zero attached hydrogens (tertiary/aromatic N) is 2. The lowest BCUT2D eigenvalue weighted by molar-refractivity contribution is 0.544. The summed E-state index contributed by atoms with van der Waals surface area (Å²) in [6, 6.07) is 8.15. The molecule has 0 bridgehead atoms. The van der Waals surface area contributed by atoms with E-state index in [2.05, 4.69) is 42.4 Å². The summed E-state index contributed by atoms with van der Waals surface area (Å²) in [5.41, 5.74) is 0.0405. The smallest absolute Gasteiger partial charge is 0.156 e. The molecular weight excluding hydrogens is 198 g/mol. The second-order valence-corrected chi connectivity index (χ2v) is 4.64. The Labute approximate surface area is 95.9 Å². The first kappa shape index (κ1) is 10.9. The molecule has 0 saturated heterocycles. The SMILES string of the molecule is CCC(C)(C)Nc1nncc2ccccc12. The average molecular weight is 215 g/mol. The summed E-state index contributed by atoms with van der Waals surface area (Å²) in [6.07, 6.45) is 2.83. The van der Waals surface area contributed by atoms with Gasteiger partial charge in [-0.3, -0.25) is 0 Å². The molecule has 1 aromatic heterocycles. The molecule has 0 unspecified atom stereocenters. The summed E-state index contributed by atoms with van der Waals surface area (Å²) in [6.45, 7) is 6.48. The lowest BCUT2D eigenvalue weighted by Crippen LogP contribution is -2.30. The topological polar surface area (TPSA) is 37.8 Å². The molecule has 0 amide bonds. The van der Waals surface area contributed by atoms with E-state index in [-0.39, 0.29) is 5.54 Å². The van der Waals surface area contributed by atoms with Gasteiger partial charge in [-0.05, 0) is 20.3 Å². The van der Waals surface area contributed by atoms with Gasteiger partial charge in [0.1, 0.15) is 0 Å². The maximum Gasteiger partial charge on any atom is 0.156 e. The second-order valence-electron chi connectivity index (χ2n) is 4.64. The zero-order valence-corrected chi connectivity index (χ0v) is 9.99. The lowest BCUT2D eigenvalue weighted by Gasteiger charge is -2.25. The van der Waals surface area contributed by atoms with Gasteiger partial charge >= 0.3 is 0 Å². The molecule has 16 heavy (non-hydrogen) atoms. The summed E-state index contributed by atoms with van der Waals surface area (Å²) < 4.78 is 0. The minimum Gasteiger partial charge on any atom is -0.363 e. The zero-order chi connectivity index (χ0) is 11.6. The van der Waals surface area contributed by atoms with E-state index in [4.69, 9.17) is 0 Å². The Morgan fingerprint density at radius 1 is 1.25 bits per heavy atom. The Morgan fingerprint density at radius 3 is 2.75 bits per heavy atom. The number of anilines is 1. The summed E-state index contributed by atoms with van der Waals surface area (Å²) in [7, 11) is 0. The maximum absolute atomic E-state index is 4.18. The largest absolute Gasteiger partial charge is 0.363 e. The van der Waals surface area contributed by atoms with Crippen LogP contribution in [-0.2, 0) is 0 Å². The molecule has 0 aliphatic heterocycles. The van der Waals surface area contributed by atoms with Crippen LogP contribution >= 0.6 is 0 Å². The molecule has 2 rings (SSSR count). The van der Waals surface area contributed by atoms with Crippen LogP contribution in [0.15, 0.2) is 30.5 Å². The molecule has 1 aromatic carbocycles. The van der Waals surface area contributed by atoms with Gasteiger partial charge in [0, 0.05) is 16.3 Å². The van der Waals surface area contributed by atoms with Gasteiger partial charge in [0.05, 0.1) is 6.20 Å². The third kappa shape index (κ3) is 2.13. The Morgan fingerprint density at radius 2 is 2.00 bits per heavy atom. The number of fused-ring (bicyclic) bond motifs is 1. The standard InChI is InChI=1S/C13H17N3/c1-4-13(2,3)15-12-11-8-6-5-7-10(11)9-14-16-12/h5-9H,4H2,1-3H3,(H,15,16). The van der Waals surface area contributed by atoms with Crippen LogP contribution in [0.2, 0.25) is 0 Å². The Balaban J connectivity index is 2.45. The van der Waals surface area contributed by atoms with E-state index >= 15 is 0 Å². The van der Waals surface area contributed by atoms with E-state index in [0.717, 1.165) is 23.0 Å². The minimum atomic E-state index is 0.0405. The van der Waals surface area contributed by atoms with E-state index in [9.17, 15) is 0 Å². The lowest BCUT2D eigenvalue weighted by atomic mass is 10.0. The van der Waals surface area contributed by atoms with Gasteiger partial charge in [0.25, 0.3) is 0 Å². The molecule has 0 aliphatic carbocycles. The number of benzene rings is 1. The van der Waals surface area contributed by atoms with Crippen molar-refractivity contribution in [3.63, 3.8) is 0 Å². The zero-order valence-electron chi connectivity index (χ0n) is 9.99.